The third kappa shape index (κ3) is 8.44. The number of aliphatic hydroxyl groups excluding tert-OH is 2. The highest BCUT2D eigenvalue weighted by molar-refractivity contribution is 5.94. The van der Waals surface area contributed by atoms with E-state index >= 15 is 0 Å². The summed E-state index contributed by atoms with van der Waals surface area (Å²) in [5.41, 5.74) is 5.09. The number of nitrogens with one attached hydrogen (secondary N) is 4. The number of aliphatic carboxylic acids is 1. The van der Waals surface area contributed by atoms with Crippen LogP contribution in [0.2, 0.25) is 0 Å². The van der Waals surface area contributed by atoms with Crippen LogP contribution < -0.4 is 27.0 Å². The van der Waals surface area contributed by atoms with Gasteiger partial charge in [-0.25, -0.2) is 0 Å². The molecule has 0 radical (unpaired) electrons. The molecule has 0 fully saturated rings. The van der Waals surface area contributed by atoms with Crippen LogP contribution in [0.1, 0.15) is 13.8 Å². The molecule has 9 N–H and O–H groups in total. The van der Waals surface area contributed by atoms with Gasteiger partial charge in [0.25, 0.3) is 0 Å². The molecule has 13 heteroatoms. The average Bonchev–Trinajstić information content (AvgIpc) is 2.62. The van der Waals surface area contributed by atoms with Crippen molar-refractivity contribution < 1.29 is 39.3 Å². The van der Waals surface area contributed by atoms with Crippen molar-refractivity contribution in [2.75, 3.05) is 19.8 Å². The number of carboxylic acid groups (broad SMARTS) is 1. The Morgan fingerprint density at radius 3 is 1.63 bits per heavy atom. The second kappa shape index (κ2) is 11.8. The number of rotatable bonds is 11. The van der Waals surface area contributed by atoms with Gasteiger partial charge in [-0.15, -0.1) is 0 Å². The maximum absolute atomic E-state index is 12.1. The fourth-order valence-electron chi connectivity index (χ4n) is 1.69. The fourth-order valence-corrected chi connectivity index (χ4v) is 1.69. The molecule has 0 saturated heterocycles. The highest BCUT2D eigenvalue weighted by Gasteiger charge is 2.27. The van der Waals surface area contributed by atoms with Crippen LogP contribution in [0.25, 0.3) is 0 Å². The first-order valence-corrected chi connectivity index (χ1v) is 7.92. The van der Waals surface area contributed by atoms with Crippen molar-refractivity contribution in [3.8, 4) is 0 Å². The van der Waals surface area contributed by atoms with E-state index in [1.165, 1.54) is 13.8 Å². The third-order valence-corrected chi connectivity index (χ3v) is 3.32. The molecule has 0 rings (SSSR count). The molecule has 0 aliphatic heterocycles. The molecule has 0 unspecified atom stereocenters. The van der Waals surface area contributed by atoms with Crippen molar-refractivity contribution in [2.24, 2.45) is 5.73 Å². The zero-order valence-corrected chi connectivity index (χ0v) is 14.9. The van der Waals surface area contributed by atoms with Gasteiger partial charge in [0, 0.05) is 0 Å². The van der Waals surface area contributed by atoms with Crippen molar-refractivity contribution in [2.45, 2.75) is 38.0 Å². The van der Waals surface area contributed by atoms with Crippen LogP contribution in [0.5, 0.6) is 0 Å². The van der Waals surface area contributed by atoms with Gasteiger partial charge in [-0.3, -0.25) is 24.0 Å². The number of nitrogens with two attached hydrogens (primary N) is 1. The van der Waals surface area contributed by atoms with Crippen LogP contribution in [0, 0.1) is 0 Å². The standard InChI is InChI=1S/C14H25N5O8/c1-6(16-12(24)8(4-20)18-10(22)3-15)11(23)19-9(5-21)13(25)17-7(2)14(26)27/h6-9,20-21H,3-5,15H2,1-2H3,(H,16,24)(H,17,25)(H,18,22)(H,19,23)(H,26,27)/t6-,7-,8-,9-/m0/s1. The van der Waals surface area contributed by atoms with Gasteiger partial charge in [0.15, 0.2) is 0 Å². The zero-order valence-electron chi connectivity index (χ0n) is 14.9. The molecule has 0 aliphatic rings. The third-order valence-electron chi connectivity index (χ3n) is 3.32. The van der Waals surface area contributed by atoms with E-state index in [-0.39, 0.29) is 0 Å². The molecule has 4 atom stereocenters. The van der Waals surface area contributed by atoms with Crippen molar-refractivity contribution in [3.05, 3.63) is 0 Å². The SMILES string of the molecule is C[C@H](NC(=O)[C@H](CO)NC(=O)[C@H](C)NC(=O)[C@H](CO)NC(=O)CN)C(=O)O. The highest BCUT2D eigenvalue weighted by Crippen LogP contribution is 1.92. The van der Waals surface area contributed by atoms with Crippen molar-refractivity contribution in [1.29, 1.82) is 0 Å². The maximum Gasteiger partial charge on any atom is 0.325 e. The molecule has 154 valence electrons. The Balaban J connectivity index is 4.77. The fraction of sp³-hybridized carbons (Fsp3) is 0.643. The van der Waals surface area contributed by atoms with E-state index in [9.17, 15) is 29.1 Å². The second-order valence-corrected chi connectivity index (χ2v) is 5.55. The van der Waals surface area contributed by atoms with E-state index < -0.39 is 73.5 Å². The topological polar surface area (TPSA) is 220 Å². The van der Waals surface area contributed by atoms with Crippen LogP contribution in [0.4, 0.5) is 0 Å². The van der Waals surface area contributed by atoms with Gasteiger partial charge >= 0.3 is 5.97 Å². The zero-order chi connectivity index (χ0) is 21.1. The van der Waals surface area contributed by atoms with E-state index in [4.69, 9.17) is 15.9 Å². The summed E-state index contributed by atoms with van der Waals surface area (Å²) in [5.74, 6) is -4.65. The van der Waals surface area contributed by atoms with Gasteiger partial charge in [-0.1, -0.05) is 0 Å². The monoisotopic (exact) mass is 391 g/mol. The summed E-state index contributed by atoms with van der Waals surface area (Å²) in [6, 6.07) is -5.20. The van der Waals surface area contributed by atoms with E-state index in [1.807, 2.05) is 0 Å². The summed E-state index contributed by atoms with van der Waals surface area (Å²) in [4.78, 5) is 57.8. The Hall–Kier alpha value is -2.77. The average molecular weight is 391 g/mol. The summed E-state index contributed by atoms with van der Waals surface area (Å²) < 4.78 is 0. The summed E-state index contributed by atoms with van der Waals surface area (Å²) in [7, 11) is 0. The minimum atomic E-state index is -1.44. The predicted octanol–water partition coefficient (Wildman–Crippen LogP) is -5.01. The van der Waals surface area contributed by atoms with Gasteiger partial charge in [0.1, 0.15) is 24.2 Å². The molecule has 4 amide bonds. The Morgan fingerprint density at radius 2 is 1.22 bits per heavy atom. The molecule has 27 heavy (non-hydrogen) atoms. The minimum absolute atomic E-state index is 0.401. The maximum atomic E-state index is 12.1. The Labute approximate surface area is 154 Å². The number of aliphatic hydroxyl groups is 2. The van der Waals surface area contributed by atoms with Gasteiger partial charge in [-0.05, 0) is 13.8 Å². The predicted molar refractivity (Wildman–Crippen MR) is 89.9 cm³/mol. The molecule has 13 nitrogen and oxygen atoms in total. The molecular formula is C14H25N5O8. The molecule has 0 aromatic heterocycles. The van der Waals surface area contributed by atoms with Crippen LogP contribution in [-0.4, -0.2) is 88.8 Å². The molecule has 0 aliphatic carbocycles. The normalized spacial score (nSPS) is 14.9. The lowest BCUT2D eigenvalue weighted by Gasteiger charge is -2.22. The lowest BCUT2D eigenvalue weighted by atomic mass is 10.2. The molecule has 0 heterocycles. The van der Waals surface area contributed by atoms with Crippen LogP contribution >= 0.6 is 0 Å². The minimum Gasteiger partial charge on any atom is -0.480 e. The first-order valence-electron chi connectivity index (χ1n) is 7.92. The summed E-state index contributed by atoms with van der Waals surface area (Å²) in [5, 5.41) is 35.7. The van der Waals surface area contributed by atoms with Crippen LogP contribution in [-0.2, 0) is 24.0 Å². The van der Waals surface area contributed by atoms with E-state index in [2.05, 4.69) is 21.3 Å². The van der Waals surface area contributed by atoms with Crippen molar-refractivity contribution in [3.63, 3.8) is 0 Å². The molecule has 0 bridgehead atoms. The molecular weight excluding hydrogens is 366 g/mol. The van der Waals surface area contributed by atoms with Crippen LogP contribution in [0.15, 0.2) is 0 Å². The molecule has 0 saturated carbocycles. The van der Waals surface area contributed by atoms with Gasteiger partial charge in [0.05, 0.1) is 19.8 Å². The molecule has 0 aromatic carbocycles. The van der Waals surface area contributed by atoms with E-state index in [0.29, 0.717) is 0 Å². The smallest absolute Gasteiger partial charge is 0.325 e. The number of hydrogen-bond acceptors (Lipinski definition) is 8. The van der Waals surface area contributed by atoms with Crippen LogP contribution in [0.3, 0.4) is 0 Å². The van der Waals surface area contributed by atoms with Crippen molar-refractivity contribution in [1.82, 2.24) is 21.3 Å². The highest BCUT2D eigenvalue weighted by atomic mass is 16.4. The Morgan fingerprint density at radius 1 is 0.778 bits per heavy atom. The van der Waals surface area contributed by atoms with Gasteiger partial charge in [-0.2, -0.15) is 0 Å². The number of hydrogen-bond donors (Lipinski definition) is 8. The van der Waals surface area contributed by atoms with Gasteiger partial charge < -0.3 is 42.3 Å². The quantitative estimate of drug-likeness (QED) is 0.169. The van der Waals surface area contributed by atoms with E-state index in [0.717, 1.165) is 0 Å². The first-order chi connectivity index (χ1) is 12.6. The number of carboxylic acids is 1. The molecule has 0 spiro atoms. The van der Waals surface area contributed by atoms with Crippen molar-refractivity contribution >= 4 is 29.6 Å². The summed E-state index contributed by atoms with van der Waals surface area (Å²) >= 11 is 0. The Kier molecular flexibility index (Phi) is 10.6. The van der Waals surface area contributed by atoms with Gasteiger partial charge in [0.2, 0.25) is 23.6 Å². The summed E-state index contributed by atoms with van der Waals surface area (Å²) in [6.45, 7) is 0.515. The second-order valence-electron chi connectivity index (χ2n) is 5.55. The lowest BCUT2D eigenvalue weighted by Crippen LogP contribution is -2.58. The largest absolute Gasteiger partial charge is 0.480 e. The first kappa shape index (κ1) is 24.2. The lowest BCUT2D eigenvalue weighted by molar-refractivity contribution is -0.142. The number of carbonyl (C=O) groups excluding carboxylic acids is 4. The number of amides is 4. The van der Waals surface area contributed by atoms with E-state index in [1.54, 1.807) is 0 Å². The summed E-state index contributed by atoms with van der Waals surface area (Å²) in [6.07, 6.45) is 0. The Bertz CT molecular complexity index is 570. The molecule has 0 aromatic rings. The number of carbonyl (C=O) groups is 5.